The molecule has 0 fully saturated rings. The number of hydrogen-bond acceptors (Lipinski definition) is 2. The second-order valence-corrected chi connectivity index (χ2v) is 5.44. The largest absolute Gasteiger partial charge is 0.361 e. The summed E-state index contributed by atoms with van der Waals surface area (Å²) in [5, 5.41) is 1.30. The lowest BCUT2D eigenvalue weighted by Crippen LogP contribution is -2.37. The van der Waals surface area contributed by atoms with Gasteiger partial charge in [-0.1, -0.05) is 31.5 Å². The van der Waals surface area contributed by atoms with Crippen LogP contribution in [0.3, 0.4) is 0 Å². The zero-order valence-corrected chi connectivity index (χ0v) is 12.0. The summed E-state index contributed by atoms with van der Waals surface area (Å²) in [4.78, 5) is 5.65. The molecule has 0 unspecified atom stereocenters. The molecular formula is C16H25N3. The zero-order valence-electron chi connectivity index (χ0n) is 12.0. The topological polar surface area (TPSA) is 45.0 Å². The number of likely N-dealkylation sites (N-methyl/N-ethyl adjacent to an activating group) is 1. The van der Waals surface area contributed by atoms with E-state index in [2.05, 4.69) is 54.3 Å². The highest BCUT2D eigenvalue weighted by molar-refractivity contribution is 5.83. The van der Waals surface area contributed by atoms with Gasteiger partial charge in [0.1, 0.15) is 0 Å². The second kappa shape index (κ2) is 6.73. The highest BCUT2D eigenvalue weighted by atomic mass is 15.1. The molecule has 3 nitrogen and oxygen atoms in total. The smallest absolute Gasteiger partial charge is 0.0456 e. The van der Waals surface area contributed by atoms with Crippen LogP contribution in [0.15, 0.2) is 30.5 Å². The van der Waals surface area contributed by atoms with Crippen LogP contribution in [0.4, 0.5) is 0 Å². The van der Waals surface area contributed by atoms with Gasteiger partial charge >= 0.3 is 0 Å². The van der Waals surface area contributed by atoms with Crippen LogP contribution in [0.1, 0.15) is 25.3 Å². The molecule has 1 heterocycles. The van der Waals surface area contributed by atoms with Crippen LogP contribution in [0.5, 0.6) is 0 Å². The minimum Gasteiger partial charge on any atom is -0.361 e. The van der Waals surface area contributed by atoms with E-state index in [4.69, 9.17) is 5.73 Å². The molecule has 0 aliphatic heterocycles. The van der Waals surface area contributed by atoms with Crippen LogP contribution in [-0.2, 0) is 6.42 Å². The summed E-state index contributed by atoms with van der Waals surface area (Å²) in [6.45, 7) is 4.32. The van der Waals surface area contributed by atoms with Gasteiger partial charge < -0.3 is 15.6 Å². The molecule has 0 saturated carbocycles. The Balaban J connectivity index is 1.93. The molecule has 0 amide bonds. The fourth-order valence-corrected chi connectivity index (χ4v) is 2.57. The maximum absolute atomic E-state index is 6.27. The first kappa shape index (κ1) is 14.1. The van der Waals surface area contributed by atoms with E-state index in [1.807, 2.05) is 0 Å². The summed E-state index contributed by atoms with van der Waals surface area (Å²) in [7, 11) is 2.16. The Hall–Kier alpha value is -1.32. The van der Waals surface area contributed by atoms with Crippen LogP contribution in [-0.4, -0.2) is 36.1 Å². The number of benzene rings is 1. The molecule has 0 saturated heterocycles. The number of fused-ring (bicyclic) bond motifs is 1. The highest BCUT2D eigenvalue weighted by Crippen LogP contribution is 2.18. The SMILES string of the molecule is CCCCN(C)C[C@@H](N)Cc1c[nH]c2ccccc12. The molecular weight excluding hydrogens is 234 g/mol. The predicted octanol–water partition coefficient (Wildman–Crippen LogP) is 2.77. The van der Waals surface area contributed by atoms with Crippen LogP contribution in [0.25, 0.3) is 10.9 Å². The molecule has 0 radical (unpaired) electrons. The molecule has 0 spiro atoms. The van der Waals surface area contributed by atoms with E-state index < -0.39 is 0 Å². The summed E-state index contributed by atoms with van der Waals surface area (Å²) >= 11 is 0. The van der Waals surface area contributed by atoms with Crippen LogP contribution < -0.4 is 5.73 Å². The Labute approximate surface area is 115 Å². The Bertz CT molecular complexity index is 503. The van der Waals surface area contributed by atoms with E-state index in [9.17, 15) is 0 Å². The zero-order chi connectivity index (χ0) is 13.7. The van der Waals surface area contributed by atoms with E-state index in [0.717, 1.165) is 19.5 Å². The molecule has 2 rings (SSSR count). The van der Waals surface area contributed by atoms with Gasteiger partial charge in [0, 0.05) is 29.7 Å². The third kappa shape index (κ3) is 3.82. The third-order valence-corrected chi connectivity index (χ3v) is 3.60. The normalized spacial score (nSPS) is 13.3. The fraction of sp³-hybridized carbons (Fsp3) is 0.500. The van der Waals surface area contributed by atoms with Gasteiger partial charge in [0.2, 0.25) is 0 Å². The molecule has 1 aromatic carbocycles. The van der Waals surface area contributed by atoms with Crippen molar-refractivity contribution in [3.05, 3.63) is 36.0 Å². The van der Waals surface area contributed by atoms with Crippen molar-refractivity contribution in [2.45, 2.75) is 32.2 Å². The van der Waals surface area contributed by atoms with E-state index in [1.165, 1.54) is 29.3 Å². The lowest BCUT2D eigenvalue weighted by molar-refractivity contribution is 0.305. The minimum atomic E-state index is 0.195. The molecule has 3 heteroatoms. The number of aromatic amines is 1. The quantitative estimate of drug-likeness (QED) is 0.803. The summed E-state index contributed by atoms with van der Waals surface area (Å²) < 4.78 is 0. The number of hydrogen-bond donors (Lipinski definition) is 2. The second-order valence-electron chi connectivity index (χ2n) is 5.44. The first-order valence-corrected chi connectivity index (χ1v) is 7.19. The summed E-state index contributed by atoms with van der Waals surface area (Å²) in [5.74, 6) is 0. The molecule has 3 N–H and O–H groups in total. The fourth-order valence-electron chi connectivity index (χ4n) is 2.57. The first-order valence-electron chi connectivity index (χ1n) is 7.19. The van der Waals surface area contributed by atoms with Gasteiger partial charge in [0.25, 0.3) is 0 Å². The van der Waals surface area contributed by atoms with Crippen molar-refractivity contribution in [1.29, 1.82) is 0 Å². The van der Waals surface area contributed by atoms with Crippen LogP contribution in [0, 0.1) is 0 Å². The van der Waals surface area contributed by atoms with Crippen molar-refractivity contribution in [3.8, 4) is 0 Å². The van der Waals surface area contributed by atoms with Gasteiger partial charge in [0.05, 0.1) is 0 Å². The number of nitrogens with one attached hydrogen (secondary N) is 1. The van der Waals surface area contributed by atoms with Crippen molar-refractivity contribution in [1.82, 2.24) is 9.88 Å². The minimum absolute atomic E-state index is 0.195. The Morgan fingerprint density at radius 2 is 2.11 bits per heavy atom. The lowest BCUT2D eigenvalue weighted by Gasteiger charge is -2.20. The number of nitrogens with zero attached hydrogens (tertiary/aromatic N) is 1. The van der Waals surface area contributed by atoms with Crippen molar-refractivity contribution in [2.75, 3.05) is 20.1 Å². The molecule has 1 atom stereocenters. The van der Waals surface area contributed by atoms with Crippen molar-refractivity contribution >= 4 is 10.9 Å². The van der Waals surface area contributed by atoms with Gasteiger partial charge in [0.15, 0.2) is 0 Å². The van der Waals surface area contributed by atoms with E-state index in [-0.39, 0.29) is 6.04 Å². The monoisotopic (exact) mass is 259 g/mol. The van der Waals surface area contributed by atoms with Crippen molar-refractivity contribution in [3.63, 3.8) is 0 Å². The van der Waals surface area contributed by atoms with Gasteiger partial charge in [-0.3, -0.25) is 0 Å². The Morgan fingerprint density at radius 3 is 2.89 bits per heavy atom. The number of para-hydroxylation sites is 1. The summed E-state index contributed by atoms with van der Waals surface area (Å²) in [6, 6.07) is 8.60. The van der Waals surface area contributed by atoms with Gasteiger partial charge in [-0.2, -0.15) is 0 Å². The van der Waals surface area contributed by atoms with Gasteiger partial charge in [-0.05, 0) is 38.1 Å². The number of unbranched alkanes of at least 4 members (excludes halogenated alkanes) is 1. The number of nitrogens with two attached hydrogens (primary N) is 1. The first-order chi connectivity index (χ1) is 9.20. The standard InChI is InChI=1S/C16H25N3/c1-3-4-9-19(2)12-14(17)10-13-11-18-16-8-6-5-7-15(13)16/h5-8,11,14,18H,3-4,9-10,12,17H2,1-2H3/t14-/m0/s1. The molecule has 0 aliphatic rings. The summed E-state index contributed by atoms with van der Waals surface area (Å²) in [6.07, 6.45) is 5.51. The molecule has 104 valence electrons. The number of aromatic nitrogens is 1. The van der Waals surface area contributed by atoms with E-state index in [1.54, 1.807) is 0 Å². The Morgan fingerprint density at radius 1 is 1.32 bits per heavy atom. The molecule has 2 aromatic rings. The van der Waals surface area contributed by atoms with E-state index >= 15 is 0 Å². The van der Waals surface area contributed by atoms with Crippen LogP contribution in [0.2, 0.25) is 0 Å². The predicted molar refractivity (Wildman–Crippen MR) is 82.4 cm³/mol. The number of rotatable bonds is 7. The van der Waals surface area contributed by atoms with Crippen LogP contribution >= 0.6 is 0 Å². The maximum Gasteiger partial charge on any atom is 0.0456 e. The summed E-state index contributed by atoms with van der Waals surface area (Å²) in [5.41, 5.74) is 8.80. The molecule has 0 aliphatic carbocycles. The maximum atomic E-state index is 6.27. The third-order valence-electron chi connectivity index (χ3n) is 3.60. The van der Waals surface area contributed by atoms with Gasteiger partial charge in [-0.25, -0.2) is 0 Å². The number of H-pyrrole nitrogens is 1. The lowest BCUT2D eigenvalue weighted by atomic mass is 10.1. The average Bonchev–Trinajstić information content (AvgIpc) is 2.80. The highest BCUT2D eigenvalue weighted by Gasteiger charge is 2.10. The van der Waals surface area contributed by atoms with Crippen molar-refractivity contribution < 1.29 is 0 Å². The molecule has 19 heavy (non-hydrogen) atoms. The van der Waals surface area contributed by atoms with E-state index in [0.29, 0.717) is 0 Å². The Kier molecular flexibility index (Phi) is 5.00. The average molecular weight is 259 g/mol. The molecule has 1 aromatic heterocycles. The van der Waals surface area contributed by atoms with Gasteiger partial charge in [-0.15, -0.1) is 0 Å². The van der Waals surface area contributed by atoms with Crippen molar-refractivity contribution in [2.24, 2.45) is 5.73 Å². The molecule has 0 bridgehead atoms.